The van der Waals surface area contributed by atoms with Crippen LogP contribution in [0.1, 0.15) is 28.4 Å². The molecule has 1 aliphatic rings. The number of nitrogens with zero attached hydrogens (tertiary/aromatic N) is 4. The highest BCUT2D eigenvalue weighted by Gasteiger charge is 2.17. The van der Waals surface area contributed by atoms with Crippen molar-refractivity contribution < 1.29 is 4.74 Å². The van der Waals surface area contributed by atoms with E-state index < -0.39 is 0 Å². The molecule has 28 heavy (non-hydrogen) atoms. The van der Waals surface area contributed by atoms with Crippen LogP contribution in [0.25, 0.3) is 0 Å². The number of hydrogen-bond donors (Lipinski definition) is 1. The Labute approximate surface area is 169 Å². The first-order valence-corrected chi connectivity index (χ1v) is 10.5. The lowest BCUT2D eigenvalue weighted by atomic mass is 10.0. The Bertz CT molecular complexity index is 863. The molecule has 0 radical (unpaired) electrons. The summed E-state index contributed by atoms with van der Waals surface area (Å²) in [6.45, 7) is 5.98. The lowest BCUT2D eigenvalue weighted by molar-refractivity contribution is 0.122. The molecule has 146 valence electrons. The predicted octanol–water partition coefficient (Wildman–Crippen LogP) is 3.15. The highest BCUT2D eigenvalue weighted by atomic mass is 32.1. The Kier molecular flexibility index (Phi) is 6.26. The molecule has 0 aliphatic carbocycles. The third kappa shape index (κ3) is 4.73. The van der Waals surface area contributed by atoms with Crippen LogP contribution in [0.15, 0.2) is 47.5 Å². The fraction of sp³-hybridized carbons (Fsp3) is 0.381. The molecular formula is C21H25N5OS. The molecular weight excluding hydrogens is 370 g/mol. The van der Waals surface area contributed by atoms with Gasteiger partial charge in [0.1, 0.15) is 0 Å². The van der Waals surface area contributed by atoms with Crippen molar-refractivity contribution in [3.8, 4) is 0 Å². The van der Waals surface area contributed by atoms with E-state index >= 15 is 0 Å². The van der Waals surface area contributed by atoms with E-state index in [9.17, 15) is 0 Å². The van der Waals surface area contributed by atoms with Crippen LogP contribution >= 0.6 is 11.3 Å². The van der Waals surface area contributed by atoms with Gasteiger partial charge in [-0.25, -0.2) is 9.97 Å². The fourth-order valence-corrected chi connectivity index (χ4v) is 4.06. The van der Waals surface area contributed by atoms with Gasteiger partial charge in [0.15, 0.2) is 0 Å². The molecule has 0 bridgehead atoms. The van der Waals surface area contributed by atoms with Crippen LogP contribution in [-0.2, 0) is 17.7 Å². The molecule has 4 heterocycles. The number of anilines is 1. The number of nitrogens with one attached hydrogen (secondary N) is 1. The standard InChI is InChI=1S/C21H25N5OS/c1-16-3-2-5-22-20(16)19(11-17-4-10-28-15-17)23-12-18-13-24-21(25-14-18)26-6-8-27-9-7-26/h2-5,10,13-15,19,23H,6-9,11-12H2,1H3. The second-order valence-corrected chi connectivity index (χ2v) is 7.75. The van der Waals surface area contributed by atoms with Gasteiger partial charge in [0.25, 0.3) is 0 Å². The molecule has 3 aromatic rings. The Morgan fingerprint density at radius 1 is 1.14 bits per heavy atom. The number of pyridine rings is 1. The minimum absolute atomic E-state index is 0.148. The van der Waals surface area contributed by atoms with Crippen LogP contribution in [0.2, 0.25) is 0 Å². The van der Waals surface area contributed by atoms with Crippen molar-refractivity contribution in [3.05, 3.63) is 69.9 Å². The van der Waals surface area contributed by atoms with Gasteiger partial charge in [-0.05, 0) is 47.4 Å². The molecule has 0 aromatic carbocycles. The van der Waals surface area contributed by atoms with E-state index in [1.54, 1.807) is 11.3 Å². The van der Waals surface area contributed by atoms with Gasteiger partial charge in [0.2, 0.25) is 5.95 Å². The van der Waals surface area contributed by atoms with Crippen LogP contribution in [0.4, 0.5) is 5.95 Å². The molecule has 3 aromatic heterocycles. The maximum Gasteiger partial charge on any atom is 0.225 e. The molecule has 7 heteroatoms. The first-order chi connectivity index (χ1) is 13.8. The molecule has 6 nitrogen and oxygen atoms in total. The van der Waals surface area contributed by atoms with E-state index in [4.69, 9.17) is 4.74 Å². The number of aromatic nitrogens is 3. The Morgan fingerprint density at radius 2 is 1.96 bits per heavy atom. The first-order valence-electron chi connectivity index (χ1n) is 9.59. The maximum absolute atomic E-state index is 5.39. The average molecular weight is 396 g/mol. The summed E-state index contributed by atoms with van der Waals surface area (Å²) < 4.78 is 5.39. The number of hydrogen-bond acceptors (Lipinski definition) is 7. The lowest BCUT2D eigenvalue weighted by Gasteiger charge is -2.26. The van der Waals surface area contributed by atoms with E-state index in [0.29, 0.717) is 6.54 Å². The largest absolute Gasteiger partial charge is 0.378 e. The second-order valence-electron chi connectivity index (χ2n) is 6.97. The van der Waals surface area contributed by atoms with Gasteiger partial charge in [-0.15, -0.1) is 0 Å². The molecule has 0 saturated carbocycles. The van der Waals surface area contributed by atoms with E-state index in [2.05, 4.69) is 55.0 Å². The summed E-state index contributed by atoms with van der Waals surface area (Å²) in [5.74, 6) is 0.780. The van der Waals surface area contributed by atoms with Gasteiger partial charge in [-0.2, -0.15) is 11.3 Å². The summed E-state index contributed by atoms with van der Waals surface area (Å²) in [5.41, 5.74) is 4.70. The van der Waals surface area contributed by atoms with E-state index in [1.165, 1.54) is 11.1 Å². The van der Waals surface area contributed by atoms with Crippen LogP contribution in [0.5, 0.6) is 0 Å². The number of rotatable bonds is 7. The Hall–Kier alpha value is -2.35. The Balaban J connectivity index is 1.44. The minimum atomic E-state index is 0.148. The van der Waals surface area contributed by atoms with Gasteiger partial charge in [0, 0.05) is 43.8 Å². The zero-order chi connectivity index (χ0) is 19.2. The monoisotopic (exact) mass is 395 g/mol. The zero-order valence-corrected chi connectivity index (χ0v) is 16.9. The molecule has 1 fully saturated rings. The summed E-state index contributed by atoms with van der Waals surface area (Å²) in [6.07, 6.45) is 6.61. The molecule has 1 atom stereocenters. The van der Waals surface area contributed by atoms with Gasteiger partial charge >= 0.3 is 0 Å². The van der Waals surface area contributed by atoms with Crippen LogP contribution in [0, 0.1) is 6.92 Å². The molecule has 0 amide bonds. The Morgan fingerprint density at radius 3 is 2.68 bits per heavy atom. The quantitative estimate of drug-likeness (QED) is 0.663. The molecule has 1 N–H and O–H groups in total. The first kappa shape index (κ1) is 19.0. The minimum Gasteiger partial charge on any atom is -0.378 e. The third-order valence-electron chi connectivity index (χ3n) is 4.94. The van der Waals surface area contributed by atoms with Crippen molar-refractivity contribution in [1.82, 2.24) is 20.3 Å². The summed E-state index contributed by atoms with van der Waals surface area (Å²) >= 11 is 1.73. The normalized spacial score (nSPS) is 15.5. The highest BCUT2D eigenvalue weighted by Crippen LogP contribution is 2.21. The maximum atomic E-state index is 5.39. The molecule has 0 spiro atoms. The van der Waals surface area contributed by atoms with Crippen molar-refractivity contribution in [2.24, 2.45) is 0 Å². The molecule has 4 rings (SSSR count). The topological polar surface area (TPSA) is 63.2 Å². The second kappa shape index (κ2) is 9.23. The van der Waals surface area contributed by atoms with Gasteiger partial charge in [-0.3, -0.25) is 4.98 Å². The summed E-state index contributed by atoms with van der Waals surface area (Å²) in [7, 11) is 0. The molecule has 1 unspecified atom stereocenters. The third-order valence-corrected chi connectivity index (χ3v) is 5.67. The van der Waals surface area contributed by atoms with E-state index in [1.807, 2.05) is 24.7 Å². The summed E-state index contributed by atoms with van der Waals surface area (Å²) in [4.78, 5) is 15.9. The average Bonchev–Trinajstić information content (AvgIpc) is 3.26. The summed E-state index contributed by atoms with van der Waals surface area (Å²) in [6, 6.07) is 6.43. The van der Waals surface area contributed by atoms with Gasteiger partial charge < -0.3 is 15.0 Å². The highest BCUT2D eigenvalue weighted by molar-refractivity contribution is 7.07. The van der Waals surface area contributed by atoms with Gasteiger partial charge in [-0.1, -0.05) is 6.07 Å². The van der Waals surface area contributed by atoms with Crippen molar-refractivity contribution >= 4 is 17.3 Å². The fourth-order valence-electron chi connectivity index (χ4n) is 3.38. The van der Waals surface area contributed by atoms with E-state index in [-0.39, 0.29) is 6.04 Å². The van der Waals surface area contributed by atoms with E-state index in [0.717, 1.165) is 49.9 Å². The number of thiophene rings is 1. The summed E-state index contributed by atoms with van der Waals surface area (Å²) in [5, 5.41) is 7.98. The predicted molar refractivity (Wildman–Crippen MR) is 112 cm³/mol. The number of morpholine rings is 1. The van der Waals surface area contributed by atoms with Crippen molar-refractivity contribution in [2.75, 3.05) is 31.2 Å². The van der Waals surface area contributed by atoms with Crippen molar-refractivity contribution in [3.63, 3.8) is 0 Å². The number of ether oxygens (including phenoxy) is 1. The van der Waals surface area contributed by atoms with Crippen molar-refractivity contribution in [1.29, 1.82) is 0 Å². The van der Waals surface area contributed by atoms with Crippen LogP contribution in [0.3, 0.4) is 0 Å². The van der Waals surface area contributed by atoms with Crippen molar-refractivity contribution in [2.45, 2.75) is 25.9 Å². The van der Waals surface area contributed by atoms with Gasteiger partial charge in [0.05, 0.1) is 24.9 Å². The smallest absolute Gasteiger partial charge is 0.225 e. The lowest BCUT2D eigenvalue weighted by Crippen LogP contribution is -2.37. The van der Waals surface area contributed by atoms with Crippen LogP contribution < -0.4 is 10.2 Å². The molecule has 1 saturated heterocycles. The number of aryl methyl sites for hydroxylation is 1. The van der Waals surface area contributed by atoms with Crippen LogP contribution in [-0.4, -0.2) is 41.3 Å². The SMILES string of the molecule is Cc1cccnc1C(Cc1ccsc1)NCc1cnc(N2CCOCC2)nc1. The molecule has 1 aliphatic heterocycles. The zero-order valence-electron chi connectivity index (χ0n) is 16.0.